The van der Waals surface area contributed by atoms with Crippen LogP contribution in [0.5, 0.6) is 0 Å². The molecule has 506 valence electrons. The van der Waals surface area contributed by atoms with Gasteiger partial charge in [-0.1, -0.05) is 41.5 Å². The van der Waals surface area contributed by atoms with Crippen LogP contribution in [0.1, 0.15) is 221 Å². The molecule has 8 saturated carbocycles. The van der Waals surface area contributed by atoms with E-state index >= 15 is 0 Å². The first-order valence-electron chi connectivity index (χ1n) is 36.1. The highest BCUT2D eigenvalue weighted by atomic mass is 16.3. The van der Waals surface area contributed by atoms with Gasteiger partial charge in [-0.2, -0.15) is 0 Å². The Balaban J connectivity index is 0.664. The Hall–Kier alpha value is -2.52. The van der Waals surface area contributed by atoms with Crippen molar-refractivity contribution in [2.24, 2.45) is 104 Å². The van der Waals surface area contributed by atoms with Crippen LogP contribution in [0.15, 0.2) is 0 Å². The summed E-state index contributed by atoms with van der Waals surface area (Å²) in [6.07, 6.45) is 18.9. The molecule has 0 spiro atoms. The molecule has 18 nitrogen and oxygen atoms in total. The zero-order chi connectivity index (χ0) is 63.6. The Labute approximate surface area is 529 Å². The Morgan fingerprint density at radius 2 is 0.841 bits per heavy atom. The number of rotatable bonds is 33. The number of aliphatic hydroxyl groups excluding tert-OH is 6. The van der Waals surface area contributed by atoms with E-state index in [0.717, 1.165) is 155 Å². The molecule has 0 bridgehead atoms. The first kappa shape index (κ1) is 71.3. The van der Waals surface area contributed by atoms with Crippen molar-refractivity contribution in [1.29, 1.82) is 0 Å². The number of carbonyl (C=O) groups is 4. The van der Waals surface area contributed by atoms with Crippen LogP contribution in [-0.4, -0.2) is 155 Å². The SMILES string of the molecule is C[C@H](CCC(=O)N[C@@H](CCCCN)C(=O)NCCCNCCCCNCCCNC(=O)[C@H](CCCCN)NC(=O)CC[C@@H](C)[C@H]1CC[C@H]2[C@@H]3[C@H](O)C[C@H]4C[C@H](O)CC[C@]4(C)[C@H]3C[C@H](O)[C@]12C)[C@H]1CC[C@H]2[C@@H]3[C@H](O)C[C@H]4C[C@H](O)CC[C@]4(C)[C@H]3C[C@H](O)[C@]12C. The van der Waals surface area contributed by atoms with Crippen LogP contribution in [-0.2, 0) is 19.2 Å². The highest BCUT2D eigenvalue weighted by Gasteiger charge is 2.67. The lowest BCUT2D eigenvalue weighted by Gasteiger charge is -2.63. The van der Waals surface area contributed by atoms with Crippen LogP contribution >= 0.6 is 0 Å². The third kappa shape index (κ3) is 16.0. The molecule has 8 aliphatic rings. The van der Waals surface area contributed by atoms with Crippen LogP contribution < -0.4 is 43.4 Å². The van der Waals surface area contributed by atoms with Crippen molar-refractivity contribution in [2.45, 2.75) is 270 Å². The van der Waals surface area contributed by atoms with Crippen molar-refractivity contribution in [3.8, 4) is 0 Å². The van der Waals surface area contributed by atoms with Crippen LogP contribution in [0.2, 0.25) is 0 Å². The van der Waals surface area contributed by atoms with Gasteiger partial charge in [-0.15, -0.1) is 0 Å². The van der Waals surface area contributed by atoms with Crippen molar-refractivity contribution in [3.05, 3.63) is 0 Å². The Morgan fingerprint density at radius 3 is 1.23 bits per heavy atom. The van der Waals surface area contributed by atoms with Gasteiger partial charge in [0.1, 0.15) is 12.1 Å². The molecule has 0 aromatic carbocycles. The molecule has 0 aromatic heterocycles. The summed E-state index contributed by atoms with van der Waals surface area (Å²) in [5, 5.41) is 87.7. The average molecular weight is 1240 g/mol. The van der Waals surface area contributed by atoms with E-state index in [4.69, 9.17) is 11.5 Å². The van der Waals surface area contributed by atoms with E-state index in [1.807, 2.05) is 0 Å². The maximum Gasteiger partial charge on any atom is 0.242 e. The molecule has 88 heavy (non-hydrogen) atoms. The smallest absolute Gasteiger partial charge is 0.242 e. The second kappa shape index (κ2) is 32.1. The average Bonchev–Trinajstić information content (AvgIpc) is 1.30. The summed E-state index contributed by atoms with van der Waals surface area (Å²) in [6, 6.07) is -1.25. The fraction of sp³-hybridized carbons (Fsp3) is 0.943. The number of carbonyl (C=O) groups excluding carboxylic acids is 4. The first-order chi connectivity index (χ1) is 42.0. The topological polar surface area (TPSA) is 314 Å². The molecule has 8 rings (SSSR count). The van der Waals surface area contributed by atoms with Crippen LogP contribution in [0, 0.1) is 92.7 Å². The molecule has 8 fully saturated rings. The molecule has 0 unspecified atom stereocenters. The van der Waals surface area contributed by atoms with E-state index in [-0.39, 0.29) is 129 Å². The van der Waals surface area contributed by atoms with Crippen molar-refractivity contribution < 1.29 is 49.8 Å². The summed E-state index contributed by atoms with van der Waals surface area (Å²) in [7, 11) is 0. The highest BCUT2D eigenvalue weighted by Crippen LogP contribution is 2.70. The quantitative estimate of drug-likeness (QED) is 0.0339. The lowest BCUT2D eigenvalue weighted by molar-refractivity contribution is -0.207. The maximum absolute atomic E-state index is 13.5. The summed E-state index contributed by atoms with van der Waals surface area (Å²) in [6.45, 7) is 18.9. The van der Waals surface area contributed by atoms with Crippen molar-refractivity contribution in [1.82, 2.24) is 31.9 Å². The summed E-state index contributed by atoms with van der Waals surface area (Å²) >= 11 is 0. The molecular weight excluding hydrogens is 1110 g/mol. The minimum absolute atomic E-state index is 0.0262. The Kier molecular flexibility index (Phi) is 26.0. The van der Waals surface area contributed by atoms with E-state index in [9.17, 15) is 49.8 Å². The molecule has 0 saturated heterocycles. The van der Waals surface area contributed by atoms with Gasteiger partial charge >= 0.3 is 0 Å². The molecule has 0 radical (unpaired) electrons. The predicted octanol–water partition coefficient (Wildman–Crippen LogP) is 5.94. The number of unbranched alkanes of at least 4 members (excludes halogenated alkanes) is 3. The summed E-state index contributed by atoms with van der Waals surface area (Å²) < 4.78 is 0. The van der Waals surface area contributed by atoms with Gasteiger partial charge in [0.05, 0.1) is 36.6 Å². The minimum atomic E-state index is -0.624. The first-order valence-corrected chi connectivity index (χ1v) is 36.1. The molecule has 8 aliphatic carbocycles. The van der Waals surface area contributed by atoms with Gasteiger partial charge in [0.25, 0.3) is 0 Å². The third-order valence-corrected chi connectivity index (χ3v) is 26.5. The van der Waals surface area contributed by atoms with E-state index in [2.05, 4.69) is 73.4 Å². The molecular formula is C70H126N8O10. The van der Waals surface area contributed by atoms with Gasteiger partial charge in [0.15, 0.2) is 0 Å². The van der Waals surface area contributed by atoms with Gasteiger partial charge in [0.2, 0.25) is 23.6 Å². The molecule has 4 amide bonds. The fourth-order valence-corrected chi connectivity index (χ4v) is 21.3. The van der Waals surface area contributed by atoms with E-state index in [1.54, 1.807) is 0 Å². The number of aliphatic hydroxyl groups is 6. The zero-order valence-corrected chi connectivity index (χ0v) is 55.5. The number of hydrogen-bond acceptors (Lipinski definition) is 14. The zero-order valence-electron chi connectivity index (χ0n) is 55.5. The number of nitrogens with one attached hydrogen (secondary N) is 6. The van der Waals surface area contributed by atoms with Gasteiger partial charge in [-0.05, 0) is 299 Å². The van der Waals surface area contributed by atoms with Gasteiger partial charge in [0, 0.05) is 25.9 Å². The molecule has 0 heterocycles. The van der Waals surface area contributed by atoms with Gasteiger partial charge in [-0.3, -0.25) is 19.2 Å². The summed E-state index contributed by atoms with van der Waals surface area (Å²) in [5.41, 5.74) is 11.0. The second-order valence-corrected chi connectivity index (χ2v) is 31.4. The number of fused-ring (bicyclic) bond motifs is 10. The van der Waals surface area contributed by atoms with Crippen LogP contribution in [0.25, 0.3) is 0 Å². The van der Waals surface area contributed by atoms with E-state index in [1.165, 1.54) is 0 Å². The number of nitrogens with two attached hydrogens (primary N) is 2. The normalized spacial score (nSPS) is 39.7. The molecule has 0 aromatic rings. The minimum Gasteiger partial charge on any atom is -0.393 e. The Bertz CT molecular complexity index is 2080. The van der Waals surface area contributed by atoms with Gasteiger partial charge < -0.3 is 74.0 Å². The molecule has 0 aliphatic heterocycles. The Morgan fingerprint density at radius 1 is 0.455 bits per heavy atom. The van der Waals surface area contributed by atoms with E-state index < -0.39 is 36.5 Å². The van der Waals surface area contributed by atoms with Crippen molar-refractivity contribution in [3.63, 3.8) is 0 Å². The molecule has 18 heteroatoms. The largest absolute Gasteiger partial charge is 0.393 e. The number of amides is 4. The van der Waals surface area contributed by atoms with Crippen LogP contribution in [0.4, 0.5) is 0 Å². The van der Waals surface area contributed by atoms with Crippen LogP contribution in [0.3, 0.4) is 0 Å². The highest BCUT2D eigenvalue weighted by molar-refractivity contribution is 5.88. The summed E-state index contributed by atoms with van der Waals surface area (Å²) in [4.78, 5) is 54.0. The fourth-order valence-electron chi connectivity index (χ4n) is 21.3. The van der Waals surface area contributed by atoms with Crippen molar-refractivity contribution in [2.75, 3.05) is 52.4 Å². The monoisotopic (exact) mass is 1240 g/mol. The maximum atomic E-state index is 13.5. The number of hydrogen-bond donors (Lipinski definition) is 14. The lowest BCUT2D eigenvalue weighted by atomic mass is 9.43. The van der Waals surface area contributed by atoms with Crippen molar-refractivity contribution >= 4 is 23.6 Å². The third-order valence-electron chi connectivity index (χ3n) is 26.5. The standard InChI is InChI=1S/C70H126N8O10/c1-43(49-19-21-51-63-53(41-59(83)69(49,51)5)67(3)27-25-47(79)37-45(67)39-57(63)81)17-23-61(85)77-55(15-7-9-29-71)65(87)75-35-13-33-73-31-11-12-32-74-34-14-36-76-66(88)56(16-8-10-30-72)78-62(86)24-18-44(2)50-20-22-52-64-54(42-60(84)70(50,52)6)68(4)28-26-48(80)38-46(68)40-58(64)82/h43-60,63-64,73-74,79-84H,7-42,71-72H2,1-6H3,(H,75,87)(H,76,88)(H,77,85)(H,78,86)/t43-,44-,45-,46-,47-,48-,49-,50-,51+,52+,53+,54+,55+,56+,57-,58-,59+,60+,63+,64+,67+,68+,69-,70-/m1/s1. The predicted molar refractivity (Wildman–Crippen MR) is 345 cm³/mol. The van der Waals surface area contributed by atoms with E-state index in [0.29, 0.717) is 77.5 Å². The molecule has 24 atom stereocenters. The molecule has 16 N–H and O–H groups in total. The van der Waals surface area contributed by atoms with Gasteiger partial charge in [-0.25, -0.2) is 0 Å². The second-order valence-electron chi connectivity index (χ2n) is 31.4. The summed E-state index contributed by atoms with van der Waals surface area (Å²) in [5.74, 6) is 2.07. The lowest BCUT2D eigenvalue weighted by Crippen LogP contribution is -2.62.